The molecular weight excluding hydrogens is 302 g/mol. The van der Waals surface area contributed by atoms with Crippen molar-refractivity contribution in [3.05, 3.63) is 52.9 Å². The first-order chi connectivity index (χ1) is 11.6. The first-order valence-corrected chi connectivity index (χ1v) is 8.40. The minimum absolute atomic E-state index is 0.159. The number of hydrogen-bond acceptors (Lipinski definition) is 3. The normalized spacial score (nSPS) is 11.1. The molecule has 0 atom stereocenters. The first-order valence-electron chi connectivity index (χ1n) is 8.40. The fraction of sp³-hybridized carbons (Fsp3) is 0.368. The van der Waals surface area contributed by atoms with Gasteiger partial charge in [-0.2, -0.15) is 0 Å². The van der Waals surface area contributed by atoms with Crippen molar-refractivity contribution in [3.63, 3.8) is 0 Å². The first kappa shape index (κ1) is 16.3. The Morgan fingerprint density at radius 2 is 2.00 bits per heavy atom. The van der Waals surface area contributed by atoms with Crippen molar-refractivity contribution < 1.29 is 9.21 Å². The summed E-state index contributed by atoms with van der Waals surface area (Å²) >= 11 is 0. The van der Waals surface area contributed by atoms with Crippen LogP contribution in [0, 0.1) is 13.8 Å². The summed E-state index contributed by atoms with van der Waals surface area (Å²) in [5.41, 5.74) is 3.58. The summed E-state index contributed by atoms with van der Waals surface area (Å²) in [6.45, 7) is 7.38. The zero-order valence-corrected chi connectivity index (χ0v) is 14.4. The summed E-state index contributed by atoms with van der Waals surface area (Å²) in [5, 5.41) is 8.37. The molecule has 0 unspecified atom stereocenters. The number of rotatable bonds is 6. The van der Waals surface area contributed by atoms with E-state index in [1.165, 1.54) is 5.56 Å². The Kier molecular flexibility index (Phi) is 4.69. The maximum absolute atomic E-state index is 12.3. The number of nitrogens with one attached hydrogen (secondary N) is 1. The molecule has 126 valence electrons. The van der Waals surface area contributed by atoms with Crippen LogP contribution in [-0.2, 0) is 6.54 Å². The van der Waals surface area contributed by atoms with Gasteiger partial charge in [-0.25, -0.2) is 0 Å². The highest BCUT2D eigenvalue weighted by molar-refractivity contribution is 5.98. The Morgan fingerprint density at radius 1 is 1.25 bits per heavy atom. The van der Waals surface area contributed by atoms with E-state index in [4.69, 9.17) is 4.42 Å². The standard InChI is InChI=1S/C19H23N3O2/c1-4-5-11-20-18(23)17-13(2)16-14(3)22(21-19(16)24-17)12-15-9-7-6-8-10-15/h6-10H,4-5,11-12H2,1-3H3,(H,20,23). The van der Waals surface area contributed by atoms with Gasteiger partial charge in [-0.3, -0.25) is 9.48 Å². The van der Waals surface area contributed by atoms with Crippen LogP contribution >= 0.6 is 0 Å². The zero-order chi connectivity index (χ0) is 17.1. The van der Waals surface area contributed by atoms with Gasteiger partial charge in [0.1, 0.15) is 0 Å². The molecule has 0 radical (unpaired) electrons. The molecule has 0 spiro atoms. The van der Waals surface area contributed by atoms with E-state index in [9.17, 15) is 4.79 Å². The van der Waals surface area contributed by atoms with Gasteiger partial charge in [0.2, 0.25) is 5.71 Å². The van der Waals surface area contributed by atoms with E-state index in [0.717, 1.165) is 29.5 Å². The summed E-state index contributed by atoms with van der Waals surface area (Å²) < 4.78 is 7.67. The van der Waals surface area contributed by atoms with Crippen LogP contribution in [0.3, 0.4) is 0 Å². The van der Waals surface area contributed by atoms with E-state index in [-0.39, 0.29) is 5.91 Å². The summed E-state index contributed by atoms with van der Waals surface area (Å²) in [6.07, 6.45) is 2.01. The van der Waals surface area contributed by atoms with Gasteiger partial charge in [0.15, 0.2) is 5.76 Å². The van der Waals surface area contributed by atoms with E-state index in [1.54, 1.807) is 0 Å². The number of fused-ring (bicyclic) bond motifs is 1. The van der Waals surface area contributed by atoms with Gasteiger partial charge in [-0.15, -0.1) is 5.10 Å². The van der Waals surface area contributed by atoms with Crippen molar-refractivity contribution in [3.8, 4) is 0 Å². The third-order valence-electron chi connectivity index (χ3n) is 4.29. The Balaban J connectivity index is 1.87. The van der Waals surface area contributed by atoms with E-state index in [1.807, 2.05) is 36.7 Å². The van der Waals surface area contributed by atoms with Gasteiger partial charge in [0, 0.05) is 17.8 Å². The van der Waals surface area contributed by atoms with Gasteiger partial charge in [0.25, 0.3) is 5.91 Å². The Hall–Kier alpha value is -2.56. The van der Waals surface area contributed by atoms with Gasteiger partial charge >= 0.3 is 0 Å². The molecule has 2 heterocycles. The molecular formula is C19H23N3O2. The lowest BCUT2D eigenvalue weighted by Gasteiger charge is -2.05. The van der Waals surface area contributed by atoms with Gasteiger partial charge in [-0.05, 0) is 25.8 Å². The molecule has 0 aliphatic heterocycles. The quantitative estimate of drug-likeness (QED) is 0.701. The van der Waals surface area contributed by atoms with Crippen LogP contribution in [0.4, 0.5) is 0 Å². The third kappa shape index (κ3) is 3.07. The predicted octanol–water partition coefficient (Wildman–Crippen LogP) is 3.82. The second kappa shape index (κ2) is 6.91. The lowest BCUT2D eigenvalue weighted by Crippen LogP contribution is -2.24. The number of unbranched alkanes of at least 4 members (excludes halogenated alkanes) is 1. The molecule has 1 amide bonds. The molecule has 5 heteroatoms. The molecule has 3 rings (SSSR count). The molecule has 1 N–H and O–H groups in total. The number of amides is 1. The number of carbonyl (C=O) groups excluding carboxylic acids is 1. The maximum atomic E-state index is 12.3. The summed E-state index contributed by atoms with van der Waals surface area (Å²) in [6, 6.07) is 10.2. The predicted molar refractivity (Wildman–Crippen MR) is 94.3 cm³/mol. The van der Waals surface area contributed by atoms with Crippen LogP contribution in [0.5, 0.6) is 0 Å². The van der Waals surface area contributed by atoms with Crippen LogP contribution < -0.4 is 5.32 Å². The smallest absolute Gasteiger partial charge is 0.287 e. The lowest BCUT2D eigenvalue weighted by molar-refractivity contribution is 0.0926. The van der Waals surface area contributed by atoms with Crippen LogP contribution in [-0.4, -0.2) is 22.2 Å². The third-order valence-corrected chi connectivity index (χ3v) is 4.29. The molecule has 0 aliphatic carbocycles. The second-order valence-corrected chi connectivity index (χ2v) is 6.07. The largest absolute Gasteiger partial charge is 0.431 e. The van der Waals surface area contributed by atoms with Gasteiger partial charge < -0.3 is 9.73 Å². The molecule has 5 nitrogen and oxygen atoms in total. The van der Waals surface area contributed by atoms with Crippen molar-refractivity contribution >= 4 is 17.0 Å². The van der Waals surface area contributed by atoms with Crippen molar-refractivity contribution in [1.82, 2.24) is 15.1 Å². The Morgan fingerprint density at radius 3 is 2.67 bits per heavy atom. The molecule has 0 saturated carbocycles. The van der Waals surface area contributed by atoms with E-state index in [2.05, 4.69) is 29.5 Å². The van der Waals surface area contributed by atoms with Crippen LogP contribution in [0.25, 0.3) is 11.1 Å². The number of benzene rings is 1. The van der Waals surface area contributed by atoms with E-state index >= 15 is 0 Å². The number of nitrogens with zero attached hydrogens (tertiary/aromatic N) is 2. The Labute approximate surface area is 141 Å². The molecule has 1 aromatic carbocycles. The molecule has 3 aromatic rings. The molecule has 0 fully saturated rings. The SMILES string of the molecule is CCCCNC(=O)c1oc2nn(Cc3ccccc3)c(C)c2c1C. The minimum Gasteiger partial charge on any atom is -0.431 e. The van der Waals surface area contributed by atoms with Gasteiger partial charge in [-0.1, -0.05) is 43.7 Å². The van der Waals surface area contributed by atoms with Crippen LogP contribution in [0.1, 0.15) is 47.1 Å². The van der Waals surface area contributed by atoms with Crippen molar-refractivity contribution in [2.45, 2.75) is 40.2 Å². The summed E-state index contributed by atoms with van der Waals surface area (Å²) in [7, 11) is 0. The van der Waals surface area contributed by atoms with Crippen LogP contribution in [0.2, 0.25) is 0 Å². The molecule has 0 aliphatic rings. The highest BCUT2D eigenvalue weighted by Crippen LogP contribution is 2.28. The fourth-order valence-corrected chi connectivity index (χ4v) is 2.89. The van der Waals surface area contributed by atoms with Gasteiger partial charge in [0.05, 0.1) is 11.9 Å². The molecule has 24 heavy (non-hydrogen) atoms. The summed E-state index contributed by atoms with van der Waals surface area (Å²) in [5.74, 6) is 0.214. The topological polar surface area (TPSA) is 60.1 Å². The number of aryl methyl sites for hydroxylation is 2. The van der Waals surface area contributed by atoms with E-state index < -0.39 is 0 Å². The number of aromatic nitrogens is 2. The van der Waals surface area contributed by atoms with Crippen molar-refractivity contribution in [2.24, 2.45) is 0 Å². The average molecular weight is 325 g/mol. The highest BCUT2D eigenvalue weighted by Gasteiger charge is 2.22. The average Bonchev–Trinajstić information content (AvgIpc) is 3.06. The van der Waals surface area contributed by atoms with Crippen molar-refractivity contribution in [1.29, 1.82) is 0 Å². The molecule has 2 aromatic heterocycles. The Bertz CT molecular complexity index is 846. The second-order valence-electron chi connectivity index (χ2n) is 6.07. The molecule has 0 bridgehead atoms. The van der Waals surface area contributed by atoms with E-state index in [0.29, 0.717) is 24.6 Å². The minimum atomic E-state index is -0.159. The monoisotopic (exact) mass is 325 g/mol. The number of furan rings is 1. The van der Waals surface area contributed by atoms with Crippen molar-refractivity contribution in [2.75, 3.05) is 6.54 Å². The number of carbonyl (C=O) groups is 1. The summed E-state index contributed by atoms with van der Waals surface area (Å²) in [4.78, 5) is 12.3. The molecule has 0 saturated heterocycles. The fourth-order valence-electron chi connectivity index (χ4n) is 2.89. The number of hydrogen-bond donors (Lipinski definition) is 1. The van der Waals surface area contributed by atoms with Crippen LogP contribution in [0.15, 0.2) is 34.7 Å². The lowest BCUT2D eigenvalue weighted by atomic mass is 10.1. The maximum Gasteiger partial charge on any atom is 0.287 e. The zero-order valence-electron chi connectivity index (χ0n) is 14.4. The highest BCUT2D eigenvalue weighted by atomic mass is 16.4.